The van der Waals surface area contributed by atoms with E-state index in [1.807, 2.05) is 32.0 Å². The van der Waals surface area contributed by atoms with E-state index in [-0.39, 0.29) is 0 Å². The van der Waals surface area contributed by atoms with E-state index in [0.29, 0.717) is 6.61 Å². The maximum Gasteiger partial charge on any atom is 0.332 e. The molecule has 0 fully saturated rings. The molecule has 1 aromatic rings. The molecule has 0 atom stereocenters. The van der Waals surface area contributed by atoms with Gasteiger partial charge in [-0.3, -0.25) is 0 Å². The summed E-state index contributed by atoms with van der Waals surface area (Å²) >= 11 is 0. The predicted octanol–water partition coefficient (Wildman–Crippen LogP) is 1.40. The lowest BCUT2D eigenvalue weighted by Crippen LogP contribution is -2.24. The summed E-state index contributed by atoms with van der Waals surface area (Å²) < 4.78 is 5.43. The highest BCUT2D eigenvalue weighted by Gasteiger charge is 1.99. The molecule has 0 aliphatic rings. The van der Waals surface area contributed by atoms with Gasteiger partial charge in [-0.2, -0.15) is 5.10 Å². The molecule has 86 valence electrons. The van der Waals surface area contributed by atoms with E-state index < -0.39 is 6.03 Å². The SMILES string of the molecule is CCOc1cc(C=NNC(N)=O)ccc1C. The van der Waals surface area contributed by atoms with Crippen LogP contribution in [-0.4, -0.2) is 18.9 Å². The molecule has 5 nitrogen and oxygen atoms in total. The number of nitrogens with one attached hydrogen (secondary N) is 1. The Kier molecular flexibility index (Phi) is 4.32. The fraction of sp³-hybridized carbons (Fsp3) is 0.273. The van der Waals surface area contributed by atoms with Crippen LogP contribution in [0.25, 0.3) is 0 Å². The molecule has 1 aromatic carbocycles. The first-order valence-corrected chi connectivity index (χ1v) is 4.95. The van der Waals surface area contributed by atoms with Crippen LogP contribution in [0, 0.1) is 6.92 Å². The topological polar surface area (TPSA) is 76.7 Å². The molecule has 0 saturated heterocycles. The average molecular weight is 221 g/mol. The normalized spacial score (nSPS) is 10.4. The van der Waals surface area contributed by atoms with Gasteiger partial charge in [-0.15, -0.1) is 0 Å². The van der Waals surface area contributed by atoms with Crippen molar-refractivity contribution in [2.24, 2.45) is 10.8 Å². The van der Waals surface area contributed by atoms with Gasteiger partial charge in [0.1, 0.15) is 5.75 Å². The lowest BCUT2D eigenvalue weighted by atomic mass is 10.1. The van der Waals surface area contributed by atoms with Crippen LogP contribution in [0.4, 0.5) is 4.79 Å². The highest BCUT2D eigenvalue weighted by molar-refractivity contribution is 5.82. The summed E-state index contributed by atoms with van der Waals surface area (Å²) in [5.41, 5.74) is 8.89. The number of rotatable bonds is 4. The minimum Gasteiger partial charge on any atom is -0.494 e. The average Bonchev–Trinajstić information content (AvgIpc) is 2.22. The van der Waals surface area contributed by atoms with Crippen molar-refractivity contribution in [2.45, 2.75) is 13.8 Å². The quantitative estimate of drug-likeness (QED) is 0.595. The smallest absolute Gasteiger partial charge is 0.332 e. The van der Waals surface area contributed by atoms with Crippen molar-refractivity contribution in [3.8, 4) is 5.75 Å². The van der Waals surface area contributed by atoms with E-state index in [1.165, 1.54) is 6.21 Å². The van der Waals surface area contributed by atoms with Gasteiger partial charge in [-0.1, -0.05) is 12.1 Å². The Morgan fingerprint density at radius 1 is 1.62 bits per heavy atom. The number of nitrogens with two attached hydrogens (primary N) is 1. The molecule has 16 heavy (non-hydrogen) atoms. The Morgan fingerprint density at radius 3 is 3.00 bits per heavy atom. The molecule has 0 aromatic heterocycles. The van der Waals surface area contributed by atoms with Crippen LogP contribution < -0.4 is 15.9 Å². The Morgan fingerprint density at radius 2 is 2.38 bits per heavy atom. The van der Waals surface area contributed by atoms with Crippen LogP contribution in [0.3, 0.4) is 0 Å². The summed E-state index contributed by atoms with van der Waals surface area (Å²) in [7, 11) is 0. The number of benzene rings is 1. The molecule has 0 saturated carbocycles. The van der Waals surface area contributed by atoms with Gasteiger partial charge in [0.05, 0.1) is 12.8 Å². The summed E-state index contributed by atoms with van der Waals surface area (Å²) in [6, 6.07) is 4.97. The second-order valence-corrected chi connectivity index (χ2v) is 3.19. The van der Waals surface area contributed by atoms with Gasteiger partial charge in [-0.25, -0.2) is 10.2 Å². The first-order chi connectivity index (χ1) is 7.63. The second-order valence-electron chi connectivity index (χ2n) is 3.19. The fourth-order valence-electron chi connectivity index (χ4n) is 1.18. The maximum absolute atomic E-state index is 10.4. The van der Waals surface area contributed by atoms with E-state index in [2.05, 4.69) is 10.5 Å². The number of carbonyl (C=O) groups is 1. The Hall–Kier alpha value is -2.04. The van der Waals surface area contributed by atoms with Crippen LogP contribution in [0.15, 0.2) is 23.3 Å². The van der Waals surface area contributed by atoms with Crippen LogP contribution >= 0.6 is 0 Å². The van der Waals surface area contributed by atoms with Crippen LogP contribution in [0.1, 0.15) is 18.1 Å². The zero-order chi connectivity index (χ0) is 12.0. The third-order valence-electron chi connectivity index (χ3n) is 1.90. The van der Waals surface area contributed by atoms with E-state index >= 15 is 0 Å². The molecular weight excluding hydrogens is 206 g/mol. The molecule has 0 bridgehead atoms. The van der Waals surface area contributed by atoms with Crippen molar-refractivity contribution < 1.29 is 9.53 Å². The van der Waals surface area contributed by atoms with E-state index in [4.69, 9.17) is 10.5 Å². The zero-order valence-electron chi connectivity index (χ0n) is 9.36. The largest absolute Gasteiger partial charge is 0.494 e. The van der Waals surface area contributed by atoms with Crippen molar-refractivity contribution >= 4 is 12.2 Å². The number of carbonyl (C=O) groups excluding carboxylic acids is 1. The van der Waals surface area contributed by atoms with E-state index in [9.17, 15) is 4.79 Å². The van der Waals surface area contributed by atoms with Crippen LogP contribution in [0.5, 0.6) is 5.75 Å². The predicted molar refractivity (Wildman–Crippen MR) is 62.7 cm³/mol. The lowest BCUT2D eigenvalue weighted by Gasteiger charge is -2.07. The van der Waals surface area contributed by atoms with Gasteiger partial charge in [0.15, 0.2) is 0 Å². The molecular formula is C11H15N3O2. The van der Waals surface area contributed by atoms with Crippen molar-refractivity contribution in [1.82, 2.24) is 5.43 Å². The molecule has 0 radical (unpaired) electrons. The Balaban J connectivity index is 2.77. The highest BCUT2D eigenvalue weighted by atomic mass is 16.5. The van der Waals surface area contributed by atoms with Gasteiger partial charge < -0.3 is 10.5 Å². The Bertz CT molecular complexity index is 402. The van der Waals surface area contributed by atoms with Crippen molar-refractivity contribution in [3.63, 3.8) is 0 Å². The Labute approximate surface area is 94.3 Å². The lowest BCUT2D eigenvalue weighted by molar-refractivity contribution is 0.249. The third-order valence-corrected chi connectivity index (χ3v) is 1.90. The summed E-state index contributed by atoms with van der Waals surface area (Å²) in [4.78, 5) is 10.4. The van der Waals surface area contributed by atoms with Crippen LogP contribution in [0.2, 0.25) is 0 Å². The number of amides is 2. The third kappa shape index (κ3) is 3.61. The first-order valence-electron chi connectivity index (χ1n) is 4.95. The minimum absolute atomic E-state index is 0.612. The van der Waals surface area contributed by atoms with Gasteiger partial charge in [-0.05, 0) is 31.0 Å². The summed E-state index contributed by atoms with van der Waals surface area (Å²) in [6.07, 6.45) is 1.51. The van der Waals surface area contributed by atoms with E-state index in [1.54, 1.807) is 0 Å². The van der Waals surface area contributed by atoms with Gasteiger partial charge >= 0.3 is 6.03 Å². The van der Waals surface area contributed by atoms with Gasteiger partial charge in [0.2, 0.25) is 0 Å². The number of aryl methyl sites for hydroxylation is 1. The number of hydrazone groups is 1. The molecule has 0 unspecified atom stereocenters. The number of hydrogen-bond donors (Lipinski definition) is 2. The second kappa shape index (κ2) is 5.75. The molecule has 0 aliphatic heterocycles. The van der Waals surface area contributed by atoms with Crippen LogP contribution in [-0.2, 0) is 0 Å². The molecule has 0 aliphatic carbocycles. The number of urea groups is 1. The number of ether oxygens (including phenoxy) is 1. The molecule has 2 amide bonds. The standard InChI is InChI=1S/C11H15N3O2/c1-3-16-10-6-9(5-4-8(10)2)7-13-14-11(12)15/h4-7H,3H2,1-2H3,(H3,12,14,15). The molecule has 1 rings (SSSR count). The number of hydrogen-bond acceptors (Lipinski definition) is 3. The summed E-state index contributed by atoms with van der Waals surface area (Å²) in [6.45, 7) is 4.50. The van der Waals surface area contributed by atoms with Gasteiger partial charge in [0, 0.05) is 0 Å². The number of nitrogens with zero attached hydrogens (tertiary/aromatic N) is 1. The highest BCUT2D eigenvalue weighted by Crippen LogP contribution is 2.18. The molecule has 5 heteroatoms. The first kappa shape index (κ1) is 12.0. The summed E-state index contributed by atoms with van der Waals surface area (Å²) in [5.74, 6) is 0.811. The van der Waals surface area contributed by atoms with Gasteiger partial charge in [0.25, 0.3) is 0 Å². The zero-order valence-corrected chi connectivity index (χ0v) is 9.36. The minimum atomic E-state index is -0.687. The monoisotopic (exact) mass is 221 g/mol. The molecule has 0 spiro atoms. The number of primary amides is 1. The fourth-order valence-corrected chi connectivity index (χ4v) is 1.18. The molecule has 0 heterocycles. The summed E-state index contributed by atoms with van der Waals surface area (Å²) in [5, 5.41) is 3.67. The van der Waals surface area contributed by atoms with Crippen molar-refractivity contribution in [1.29, 1.82) is 0 Å². The maximum atomic E-state index is 10.4. The van der Waals surface area contributed by atoms with E-state index in [0.717, 1.165) is 16.9 Å². The van der Waals surface area contributed by atoms with Crippen molar-refractivity contribution in [3.05, 3.63) is 29.3 Å². The molecule has 3 N–H and O–H groups in total. The van der Waals surface area contributed by atoms with Crippen molar-refractivity contribution in [2.75, 3.05) is 6.61 Å².